The number of hydrogen-bond acceptors (Lipinski definition) is 5. The number of anilines is 1. The van der Waals surface area contributed by atoms with Gasteiger partial charge in [-0.1, -0.05) is 0 Å². The molecule has 6 nitrogen and oxygen atoms in total. The number of benzene rings is 1. The molecule has 0 aliphatic rings. The summed E-state index contributed by atoms with van der Waals surface area (Å²) in [5, 5.41) is 22.3. The second kappa shape index (κ2) is 6.85. The minimum atomic E-state index is -0.928. The van der Waals surface area contributed by atoms with Crippen LogP contribution in [0.25, 0.3) is 0 Å². The van der Waals surface area contributed by atoms with Gasteiger partial charge in [-0.05, 0) is 30.6 Å². The van der Waals surface area contributed by atoms with Gasteiger partial charge >= 0.3 is 5.97 Å². The lowest BCUT2D eigenvalue weighted by atomic mass is 10.2. The van der Waals surface area contributed by atoms with Crippen molar-refractivity contribution in [3.05, 3.63) is 34.4 Å². The van der Waals surface area contributed by atoms with E-state index in [-0.39, 0.29) is 5.69 Å². The molecule has 0 aliphatic carbocycles. The third kappa shape index (κ3) is 4.25. The monoisotopic (exact) mass is 270 g/mol. The Bertz CT molecular complexity index is 422. The van der Waals surface area contributed by atoms with Crippen LogP contribution < -0.4 is 5.32 Å². The molecule has 7 heteroatoms. The summed E-state index contributed by atoms with van der Waals surface area (Å²) in [5.74, 6) is -0.195. The first kappa shape index (κ1) is 14.3. The van der Waals surface area contributed by atoms with E-state index in [0.29, 0.717) is 12.1 Å². The van der Waals surface area contributed by atoms with E-state index < -0.39 is 16.9 Å². The number of nitrogens with one attached hydrogen (secondary N) is 1. The first-order chi connectivity index (χ1) is 8.54. The van der Waals surface area contributed by atoms with E-state index in [1.54, 1.807) is 11.8 Å². The smallest absolute Gasteiger partial charge is 0.326 e. The Hall–Kier alpha value is -1.76. The van der Waals surface area contributed by atoms with Gasteiger partial charge in [0.25, 0.3) is 5.69 Å². The van der Waals surface area contributed by atoms with Crippen LogP contribution in [0.5, 0.6) is 0 Å². The summed E-state index contributed by atoms with van der Waals surface area (Å²) < 4.78 is 0. The van der Waals surface area contributed by atoms with Crippen LogP contribution in [0, 0.1) is 10.1 Å². The molecule has 1 atom stereocenters. The van der Waals surface area contributed by atoms with E-state index in [2.05, 4.69) is 5.32 Å². The SMILES string of the molecule is CSCCC(Nc1ccc([N+](=O)[O-])cc1)C(=O)O. The van der Waals surface area contributed by atoms with Crippen molar-refractivity contribution in [1.82, 2.24) is 0 Å². The van der Waals surface area contributed by atoms with Crippen LogP contribution in [0.15, 0.2) is 24.3 Å². The molecule has 1 aromatic rings. The Balaban J connectivity index is 2.68. The van der Waals surface area contributed by atoms with Gasteiger partial charge < -0.3 is 10.4 Å². The maximum atomic E-state index is 11.0. The summed E-state index contributed by atoms with van der Waals surface area (Å²) in [5.41, 5.74) is 0.547. The summed E-state index contributed by atoms with van der Waals surface area (Å²) in [7, 11) is 0. The molecule has 18 heavy (non-hydrogen) atoms. The molecule has 0 radical (unpaired) electrons. The van der Waals surface area contributed by atoms with Gasteiger partial charge in [-0.3, -0.25) is 10.1 Å². The molecule has 0 spiro atoms. The summed E-state index contributed by atoms with van der Waals surface area (Å²) in [6.07, 6.45) is 2.40. The molecule has 0 saturated carbocycles. The zero-order valence-electron chi connectivity index (χ0n) is 9.83. The number of thioether (sulfide) groups is 1. The Kier molecular flexibility index (Phi) is 5.44. The Morgan fingerprint density at radius 1 is 1.50 bits per heavy atom. The average Bonchev–Trinajstić information content (AvgIpc) is 2.34. The van der Waals surface area contributed by atoms with Crippen molar-refractivity contribution < 1.29 is 14.8 Å². The standard InChI is InChI=1S/C11H14N2O4S/c1-18-7-6-10(11(14)15)12-8-2-4-9(5-3-8)13(16)17/h2-5,10,12H,6-7H2,1H3,(H,14,15). The highest BCUT2D eigenvalue weighted by Gasteiger charge is 2.16. The predicted molar refractivity (Wildman–Crippen MR) is 71.1 cm³/mol. The minimum absolute atomic E-state index is 0.0171. The predicted octanol–water partition coefficient (Wildman–Crippen LogP) is 2.21. The van der Waals surface area contributed by atoms with Gasteiger partial charge in [0.2, 0.25) is 0 Å². The number of carbonyl (C=O) groups is 1. The first-order valence-corrected chi connectivity index (χ1v) is 6.66. The molecule has 0 amide bonds. The summed E-state index contributed by atoms with van der Waals surface area (Å²) in [4.78, 5) is 21.0. The molecule has 0 fully saturated rings. The van der Waals surface area contributed by atoms with Crippen molar-refractivity contribution in [2.24, 2.45) is 0 Å². The number of nitrogens with zero attached hydrogens (tertiary/aromatic N) is 1. The summed E-state index contributed by atoms with van der Waals surface area (Å²) >= 11 is 1.57. The van der Waals surface area contributed by atoms with Crippen LogP contribution in [-0.2, 0) is 4.79 Å². The third-order valence-corrected chi connectivity index (χ3v) is 2.97. The third-order valence-electron chi connectivity index (χ3n) is 2.33. The Labute approximate surface area is 109 Å². The largest absolute Gasteiger partial charge is 0.480 e. The lowest BCUT2D eigenvalue weighted by Crippen LogP contribution is -2.29. The van der Waals surface area contributed by atoms with Crippen LogP contribution >= 0.6 is 11.8 Å². The van der Waals surface area contributed by atoms with Crippen LogP contribution in [0.3, 0.4) is 0 Å². The van der Waals surface area contributed by atoms with Crippen LogP contribution in [0.1, 0.15) is 6.42 Å². The number of carboxylic acids is 1. The van der Waals surface area contributed by atoms with Gasteiger partial charge in [0.05, 0.1) is 4.92 Å². The van der Waals surface area contributed by atoms with E-state index in [1.807, 2.05) is 6.26 Å². The number of carboxylic acid groups (broad SMARTS) is 1. The highest BCUT2D eigenvalue weighted by molar-refractivity contribution is 7.98. The molecular weight excluding hydrogens is 256 g/mol. The zero-order valence-corrected chi connectivity index (χ0v) is 10.6. The van der Waals surface area contributed by atoms with Crippen molar-refractivity contribution in [1.29, 1.82) is 0 Å². The molecular formula is C11H14N2O4S. The van der Waals surface area contributed by atoms with Crippen molar-refractivity contribution in [3.8, 4) is 0 Å². The van der Waals surface area contributed by atoms with E-state index >= 15 is 0 Å². The van der Waals surface area contributed by atoms with Gasteiger partial charge in [0.15, 0.2) is 0 Å². The maximum absolute atomic E-state index is 11.0. The highest BCUT2D eigenvalue weighted by Crippen LogP contribution is 2.17. The van der Waals surface area contributed by atoms with Gasteiger partial charge in [-0.2, -0.15) is 11.8 Å². The molecule has 0 aliphatic heterocycles. The molecule has 1 aromatic carbocycles. The first-order valence-electron chi connectivity index (χ1n) is 5.27. The second-order valence-corrected chi connectivity index (χ2v) is 4.61. The summed E-state index contributed by atoms with van der Waals surface area (Å²) in [6, 6.07) is 5.02. The van der Waals surface area contributed by atoms with Gasteiger partial charge in [-0.25, -0.2) is 4.79 Å². The molecule has 1 rings (SSSR count). The van der Waals surface area contributed by atoms with E-state index in [9.17, 15) is 14.9 Å². The van der Waals surface area contributed by atoms with Gasteiger partial charge in [0, 0.05) is 17.8 Å². The fourth-order valence-electron chi connectivity index (χ4n) is 1.37. The lowest BCUT2D eigenvalue weighted by molar-refractivity contribution is -0.384. The average molecular weight is 270 g/mol. The van der Waals surface area contributed by atoms with Gasteiger partial charge in [0.1, 0.15) is 6.04 Å². The number of aliphatic carboxylic acids is 1. The quantitative estimate of drug-likeness (QED) is 0.583. The fraction of sp³-hybridized carbons (Fsp3) is 0.364. The van der Waals surface area contributed by atoms with Crippen LogP contribution in [0.4, 0.5) is 11.4 Å². The molecule has 0 aromatic heterocycles. The normalized spacial score (nSPS) is 11.8. The maximum Gasteiger partial charge on any atom is 0.326 e. The number of hydrogen-bond donors (Lipinski definition) is 2. The zero-order chi connectivity index (χ0) is 13.5. The van der Waals surface area contributed by atoms with Crippen LogP contribution in [-0.4, -0.2) is 34.0 Å². The fourth-order valence-corrected chi connectivity index (χ4v) is 1.85. The van der Waals surface area contributed by atoms with E-state index in [0.717, 1.165) is 5.75 Å². The summed E-state index contributed by atoms with van der Waals surface area (Å²) in [6.45, 7) is 0. The number of non-ortho nitro benzene ring substituents is 1. The number of nitro benzene ring substituents is 1. The molecule has 0 heterocycles. The molecule has 0 bridgehead atoms. The van der Waals surface area contributed by atoms with E-state index in [4.69, 9.17) is 5.11 Å². The highest BCUT2D eigenvalue weighted by atomic mass is 32.2. The topological polar surface area (TPSA) is 92.5 Å². The lowest BCUT2D eigenvalue weighted by Gasteiger charge is -2.14. The van der Waals surface area contributed by atoms with Gasteiger partial charge in [-0.15, -0.1) is 0 Å². The molecule has 0 saturated heterocycles. The molecule has 2 N–H and O–H groups in total. The van der Waals surface area contributed by atoms with E-state index in [1.165, 1.54) is 24.3 Å². The van der Waals surface area contributed by atoms with Crippen molar-refractivity contribution in [2.75, 3.05) is 17.3 Å². The Morgan fingerprint density at radius 2 is 2.11 bits per heavy atom. The molecule has 1 unspecified atom stereocenters. The number of rotatable bonds is 7. The van der Waals surface area contributed by atoms with Crippen molar-refractivity contribution >= 4 is 29.1 Å². The molecule has 98 valence electrons. The number of nitro groups is 1. The van der Waals surface area contributed by atoms with Crippen LogP contribution in [0.2, 0.25) is 0 Å². The minimum Gasteiger partial charge on any atom is -0.480 e. The second-order valence-electron chi connectivity index (χ2n) is 3.62. The Morgan fingerprint density at radius 3 is 2.56 bits per heavy atom. The van der Waals surface area contributed by atoms with Crippen molar-refractivity contribution in [3.63, 3.8) is 0 Å². The van der Waals surface area contributed by atoms with Crippen molar-refractivity contribution in [2.45, 2.75) is 12.5 Å².